The standard InChI is InChI=1S/C3H4O2S2/c4-2(6)1-3(5)7/h1H2,(H,4,6)(H,5,7). The van der Waals surface area contributed by atoms with Crippen LogP contribution in [0.15, 0.2) is 0 Å². The van der Waals surface area contributed by atoms with Gasteiger partial charge in [-0.2, -0.15) is 0 Å². The Morgan fingerprint density at radius 2 is 1.43 bits per heavy atom. The van der Waals surface area contributed by atoms with Gasteiger partial charge < -0.3 is 10.2 Å². The zero-order chi connectivity index (χ0) is 5.86. The van der Waals surface area contributed by atoms with E-state index in [9.17, 15) is 0 Å². The maximum atomic E-state index is 8.21. The van der Waals surface area contributed by atoms with Gasteiger partial charge in [-0.25, -0.2) is 0 Å². The Labute approximate surface area is 51.8 Å². The molecule has 0 bridgehead atoms. The number of aliphatic hydroxyl groups is 2. The van der Waals surface area contributed by atoms with Crippen LogP contribution in [-0.2, 0) is 0 Å². The van der Waals surface area contributed by atoms with Crippen molar-refractivity contribution in [2.24, 2.45) is 0 Å². The van der Waals surface area contributed by atoms with Gasteiger partial charge in [0.15, 0.2) is 10.1 Å². The molecule has 7 heavy (non-hydrogen) atoms. The molecule has 0 aromatic rings. The number of thiocarbonyl (C=S) groups is 2. The third-order valence-electron chi connectivity index (χ3n) is 0.302. The average Bonchev–Trinajstić information content (AvgIpc) is 1.27. The highest BCUT2D eigenvalue weighted by molar-refractivity contribution is 7.81. The van der Waals surface area contributed by atoms with E-state index in [1.54, 1.807) is 0 Å². The lowest BCUT2D eigenvalue weighted by atomic mass is 10.5. The van der Waals surface area contributed by atoms with Crippen molar-refractivity contribution in [3.05, 3.63) is 0 Å². The van der Waals surface area contributed by atoms with E-state index in [0.717, 1.165) is 0 Å². The van der Waals surface area contributed by atoms with Crippen LogP contribution in [0.25, 0.3) is 0 Å². The Bertz CT molecular complexity index is 87.1. The van der Waals surface area contributed by atoms with E-state index in [2.05, 4.69) is 24.4 Å². The fourth-order valence-corrected chi connectivity index (χ4v) is 0.494. The maximum absolute atomic E-state index is 8.21. The Balaban J connectivity index is 3.32. The van der Waals surface area contributed by atoms with Crippen molar-refractivity contribution in [1.29, 1.82) is 0 Å². The lowest BCUT2D eigenvalue weighted by molar-refractivity contribution is 0.530. The van der Waals surface area contributed by atoms with Crippen LogP contribution in [0, 0.1) is 0 Å². The molecular weight excluding hydrogens is 132 g/mol. The third kappa shape index (κ3) is 5.78. The Hall–Kier alpha value is -0.220. The molecule has 0 fully saturated rings. The van der Waals surface area contributed by atoms with Gasteiger partial charge in [-0.15, -0.1) is 0 Å². The van der Waals surface area contributed by atoms with Crippen LogP contribution in [-0.4, -0.2) is 20.3 Å². The molecule has 0 radical (unpaired) electrons. The molecule has 0 aromatic carbocycles. The van der Waals surface area contributed by atoms with Crippen molar-refractivity contribution in [1.82, 2.24) is 0 Å². The van der Waals surface area contributed by atoms with Crippen LogP contribution in [0.5, 0.6) is 0 Å². The number of aliphatic hydroxyl groups excluding tert-OH is 2. The molecule has 0 heterocycles. The first-order chi connectivity index (χ1) is 3.13. The second-order valence-electron chi connectivity index (χ2n) is 0.964. The highest BCUT2D eigenvalue weighted by atomic mass is 32.1. The molecule has 0 unspecified atom stereocenters. The van der Waals surface area contributed by atoms with Gasteiger partial charge in [-0.1, -0.05) is 0 Å². The van der Waals surface area contributed by atoms with Crippen molar-refractivity contribution >= 4 is 34.5 Å². The van der Waals surface area contributed by atoms with Crippen LogP contribution in [0.3, 0.4) is 0 Å². The summed E-state index contributed by atoms with van der Waals surface area (Å²) in [5.41, 5.74) is 0. The molecule has 0 aromatic heterocycles. The van der Waals surface area contributed by atoms with Crippen LogP contribution in [0.1, 0.15) is 6.42 Å². The summed E-state index contributed by atoms with van der Waals surface area (Å²) in [6.07, 6.45) is -0.0648. The molecule has 2 N–H and O–H groups in total. The van der Waals surface area contributed by atoms with Gasteiger partial charge in [0.05, 0.1) is 6.42 Å². The van der Waals surface area contributed by atoms with E-state index in [-0.39, 0.29) is 16.5 Å². The van der Waals surface area contributed by atoms with Gasteiger partial charge in [0.2, 0.25) is 0 Å². The summed E-state index contributed by atoms with van der Waals surface area (Å²) in [5, 5.41) is 15.9. The normalized spacial score (nSPS) is 8.00. The van der Waals surface area contributed by atoms with E-state index in [1.807, 2.05) is 0 Å². The Morgan fingerprint density at radius 1 is 1.14 bits per heavy atom. The van der Waals surface area contributed by atoms with Crippen molar-refractivity contribution in [2.75, 3.05) is 0 Å². The predicted molar refractivity (Wildman–Crippen MR) is 35.1 cm³/mol. The van der Waals surface area contributed by atoms with Gasteiger partial charge in [0, 0.05) is 0 Å². The van der Waals surface area contributed by atoms with Gasteiger partial charge >= 0.3 is 0 Å². The fraction of sp³-hybridized carbons (Fsp3) is 0.333. The van der Waals surface area contributed by atoms with Crippen molar-refractivity contribution in [3.8, 4) is 0 Å². The summed E-state index contributed by atoms with van der Waals surface area (Å²) in [4.78, 5) is 0. The summed E-state index contributed by atoms with van der Waals surface area (Å²) in [6, 6.07) is 0. The van der Waals surface area contributed by atoms with E-state index in [4.69, 9.17) is 10.2 Å². The molecule has 0 atom stereocenters. The number of rotatable bonds is 2. The lowest BCUT2D eigenvalue weighted by Crippen LogP contribution is -1.99. The van der Waals surface area contributed by atoms with Gasteiger partial charge in [0.1, 0.15) is 0 Å². The molecule has 0 aliphatic carbocycles. The zero-order valence-corrected chi connectivity index (χ0v) is 5.05. The van der Waals surface area contributed by atoms with Gasteiger partial charge in [-0.3, -0.25) is 0 Å². The molecule has 0 spiro atoms. The van der Waals surface area contributed by atoms with Crippen LogP contribution in [0.2, 0.25) is 0 Å². The minimum absolute atomic E-state index is 0.0648. The van der Waals surface area contributed by atoms with Crippen molar-refractivity contribution < 1.29 is 10.2 Å². The number of hydrogen-bond acceptors (Lipinski definition) is 2. The molecule has 0 rings (SSSR count). The van der Waals surface area contributed by atoms with E-state index in [1.165, 1.54) is 0 Å². The molecule has 0 saturated carbocycles. The second-order valence-corrected chi connectivity index (χ2v) is 1.91. The second kappa shape index (κ2) is 2.87. The first-order valence-corrected chi connectivity index (χ1v) is 2.38. The largest absolute Gasteiger partial charge is 0.502 e. The van der Waals surface area contributed by atoms with E-state index >= 15 is 0 Å². The molecular formula is C3H4O2S2. The first-order valence-electron chi connectivity index (χ1n) is 1.56. The van der Waals surface area contributed by atoms with Crippen LogP contribution < -0.4 is 0 Å². The first kappa shape index (κ1) is 6.78. The SMILES string of the molecule is OC(=S)CC(O)=S. The topological polar surface area (TPSA) is 40.5 Å². The predicted octanol–water partition coefficient (Wildman–Crippen LogP) is 1.15. The lowest BCUT2D eigenvalue weighted by Gasteiger charge is -1.87. The molecule has 2 nitrogen and oxygen atoms in total. The summed E-state index contributed by atoms with van der Waals surface area (Å²) in [5.74, 6) is 0. The quantitative estimate of drug-likeness (QED) is 0.559. The maximum Gasteiger partial charge on any atom is 0.165 e. The zero-order valence-electron chi connectivity index (χ0n) is 3.42. The third-order valence-corrected chi connectivity index (χ3v) is 0.591. The van der Waals surface area contributed by atoms with E-state index < -0.39 is 0 Å². The van der Waals surface area contributed by atoms with Crippen LogP contribution in [0.4, 0.5) is 0 Å². The minimum Gasteiger partial charge on any atom is -0.502 e. The molecule has 0 saturated heterocycles. The monoisotopic (exact) mass is 136 g/mol. The summed E-state index contributed by atoms with van der Waals surface area (Å²) < 4.78 is 0. The summed E-state index contributed by atoms with van der Waals surface area (Å²) in [7, 11) is 0. The van der Waals surface area contributed by atoms with Gasteiger partial charge in [0.25, 0.3) is 0 Å². The Kier molecular flexibility index (Phi) is 2.78. The average molecular weight is 136 g/mol. The van der Waals surface area contributed by atoms with E-state index in [0.29, 0.717) is 0 Å². The fourth-order valence-electron chi connectivity index (χ4n) is 0.129. The summed E-state index contributed by atoms with van der Waals surface area (Å²) >= 11 is 8.36. The highest BCUT2D eigenvalue weighted by Gasteiger charge is 1.92. The van der Waals surface area contributed by atoms with Crippen molar-refractivity contribution in [2.45, 2.75) is 6.42 Å². The molecule has 0 amide bonds. The Morgan fingerprint density at radius 3 is 1.43 bits per heavy atom. The van der Waals surface area contributed by atoms with Gasteiger partial charge in [-0.05, 0) is 24.4 Å². The number of hydrogen-bond donors (Lipinski definition) is 2. The summed E-state index contributed by atoms with van der Waals surface area (Å²) in [6.45, 7) is 0. The molecule has 0 aliphatic rings. The smallest absolute Gasteiger partial charge is 0.165 e. The van der Waals surface area contributed by atoms with Crippen LogP contribution >= 0.6 is 24.4 Å². The minimum atomic E-state index is -0.271. The molecule has 40 valence electrons. The van der Waals surface area contributed by atoms with Crippen molar-refractivity contribution in [3.63, 3.8) is 0 Å². The molecule has 4 heteroatoms. The highest BCUT2D eigenvalue weighted by Crippen LogP contribution is 1.82. The molecule has 0 aliphatic heterocycles.